The van der Waals surface area contributed by atoms with Gasteiger partial charge in [-0.1, -0.05) is 6.92 Å². The van der Waals surface area contributed by atoms with Crippen molar-refractivity contribution in [3.8, 4) is 0 Å². The van der Waals surface area contributed by atoms with Gasteiger partial charge >= 0.3 is 5.97 Å². The molecule has 4 nitrogen and oxygen atoms in total. The molecule has 0 saturated carbocycles. The van der Waals surface area contributed by atoms with Crippen molar-refractivity contribution in [3.63, 3.8) is 0 Å². The zero-order valence-corrected chi connectivity index (χ0v) is 8.43. The van der Waals surface area contributed by atoms with E-state index in [4.69, 9.17) is 0 Å². The lowest BCUT2D eigenvalue weighted by Gasteiger charge is -2.12. The first kappa shape index (κ1) is 10.1. The molecule has 0 aromatic carbocycles. The lowest BCUT2D eigenvalue weighted by atomic mass is 10.2. The monoisotopic (exact) mass is 200 g/mol. The van der Waals surface area contributed by atoms with Crippen molar-refractivity contribution in [2.24, 2.45) is 0 Å². The molecule has 72 valence electrons. The highest BCUT2D eigenvalue weighted by Crippen LogP contribution is 2.17. The van der Waals surface area contributed by atoms with Crippen molar-refractivity contribution in [1.82, 2.24) is 10.3 Å². The summed E-state index contributed by atoms with van der Waals surface area (Å²) in [4.78, 5) is 16.1. The van der Waals surface area contributed by atoms with Gasteiger partial charge in [0.2, 0.25) is 0 Å². The quantitative estimate of drug-likeness (QED) is 0.736. The first-order valence-corrected chi connectivity index (χ1v) is 4.87. The molecule has 1 atom stereocenters. The Morgan fingerprint density at radius 1 is 1.85 bits per heavy atom. The molecule has 1 heterocycles. The molecule has 1 unspecified atom stereocenters. The average molecular weight is 200 g/mol. The Hall–Kier alpha value is -0.940. The van der Waals surface area contributed by atoms with E-state index < -0.39 is 0 Å². The average Bonchev–Trinajstić information content (AvgIpc) is 2.65. The number of aromatic nitrogens is 1. The largest absolute Gasteiger partial charge is 0.468 e. The third-order valence-electron chi connectivity index (χ3n) is 1.58. The van der Waals surface area contributed by atoms with Crippen LogP contribution in [0.15, 0.2) is 11.7 Å². The normalized spacial score (nSPS) is 12.5. The van der Waals surface area contributed by atoms with Gasteiger partial charge in [-0.15, -0.1) is 11.3 Å². The molecule has 0 fully saturated rings. The van der Waals surface area contributed by atoms with Gasteiger partial charge in [0.15, 0.2) is 0 Å². The Morgan fingerprint density at radius 2 is 2.62 bits per heavy atom. The predicted molar refractivity (Wildman–Crippen MR) is 50.5 cm³/mol. The van der Waals surface area contributed by atoms with Gasteiger partial charge in [0.1, 0.15) is 6.04 Å². The van der Waals surface area contributed by atoms with Crippen LogP contribution in [0.2, 0.25) is 0 Å². The molecular weight excluding hydrogens is 188 g/mol. The van der Waals surface area contributed by atoms with Gasteiger partial charge in [-0.3, -0.25) is 4.98 Å². The highest BCUT2D eigenvalue weighted by atomic mass is 32.1. The van der Waals surface area contributed by atoms with Crippen LogP contribution in [0, 0.1) is 0 Å². The number of carbonyl (C=O) groups is 1. The maximum Gasteiger partial charge on any atom is 0.328 e. The van der Waals surface area contributed by atoms with Crippen molar-refractivity contribution in [2.75, 3.05) is 13.7 Å². The lowest BCUT2D eigenvalue weighted by Crippen LogP contribution is -2.28. The van der Waals surface area contributed by atoms with E-state index in [0.29, 0.717) is 0 Å². The SMILES string of the molecule is CCNC(C(=O)OC)c1cncs1. The standard InChI is InChI=1S/C8H12N2O2S/c1-3-10-7(8(11)12-2)6-4-9-5-13-6/h4-5,7,10H,3H2,1-2H3. The van der Waals surface area contributed by atoms with E-state index in [9.17, 15) is 4.79 Å². The summed E-state index contributed by atoms with van der Waals surface area (Å²) in [5.41, 5.74) is 1.70. The van der Waals surface area contributed by atoms with E-state index in [1.54, 1.807) is 11.7 Å². The molecular formula is C8H12N2O2S. The number of rotatable bonds is 4. The fourth-order valence-electron chi connectivity index (χ4n) is 0.990. The van der Waals surface area contributed by atoms with Crippen LogP contribution < -0.4 is 5.32 Å². The van der Waals surface area contributed by atoms with Gasteiger partial charge in [-0.05, 0) is 6.54 Å². The topological polar surface area (TPSA) is 51.2 Å². The number of likely N-dealkylation sites (N-methyl/N-ethyl adjacent to an activating group) is 1. The van der Waals surface area contributed by atoms with E-state index in [1.807, 2.05) is 6.92 Å². The molecule has 0 radical (unpaired) electrons. The predicted octanol–water partition coefficient (Wildman–Crippen LogP) is 0.967. The van der Waals surface area contributed by atoms with E-state index >= 15 is 0 Å². The number of hydrogen-bond acceptors (Lipinski definition) is 5. The molecule has 1 aromatic heterocycles. The summed E-state index contributed by atoms with van der Waals surface area (Å²) >= 11 is 1.44. The number of methoxy groups -OCH3 is 1. The third-order valence-corrected chi connectivity index (χ3v) is 2.42. The number of nitrogens with zero attached hydrogens (tertiary/aromatic N) is 1. The summed E-state index contributed by atoms with van der Waals surface area (Å²) in [6.45, 7) is 2.66. The second kappa shape index (κ2) is 4.94. The van der Waals surface area contributed by atoms with Crippen molar-refractivity contribution in [2.45, 2.75) is 13.0 Å². The Labute approximate surface area is 80.9 Å². The lowest BCUT2D eigenvalue weighted by molar-refractivity contribution is -0.143. The van der Waals surface area contributed by atoms with Crippen LogP contribution >= 0.6 is 11.3 Å². The molecule has 0 aliphatic rings. The van der Waals surface area contributed by atoms with Crippen LogP contribution in [0.1, 0.15) is 17.8 Å². The Bertz CT molecular complexity index is 261. The summed E-state index contributed by atoms with van der Waals surface area (Å²) in [6, 6.07) is -0.373. The number of hydrogen-bond donors (Lipinski definition) is 1. The maximum atomic E-state index is 11.3. The van der Waals surface area contributed by atoms with Crippen molar-refractivity contribution < 1.29 is 9.53 Å². The Morgan fingerprint density at radius 3 is 3.08 bits per heavy atom. The van der Waals surface area contributed by atoms with Crippen molar-refractivity contribution in [3.05, 3.63) is 16.6 Å². The molecule has 0 spiro atoms. The number of nitrogens with one attached hydrogen (secondary N) is 1. The first-order valence-electron chi connectivity index (χ1n) is 3.99. The van der Waals surface area contributed by atoms with Crippen molar-refractivity contribution in [1.29, 1.82) is 0 Å². The molecule has 1 aromatic rings. The first-order chi connectivity index (χ1) is 6.29. The fourth-order valence-corrected chi connectivity index (χ4v) is 1.67. The minimum atomic E-state index is -0.373. The highest BCUT2D eigenvalue weighted by Gasteiger charge is 2.21. The molecule has 13 heavy (non-hydrogen) atoms. The van der Waals surface area contributed by atoms with E-state index in [-0.39, 0.29) is 12.0 Å². The van der Waals surface area contributed by atoms with Crippen LogP contribution in [0.3, 0.4) is 0 Å². The second-order valence-electron chi connectivity index (χ2n) is 2.42. The molecule has 1 rings (SSSR count). The zero-order valence-electron chi connectivity index (χ0n) is 7.61. The summed E-state index contributed by atoms with van der Waals surface area (Å²) < 4.78 is 4.67. The van der Waals surface area contributed by atoms with Gasteiger partial charge < -0.3 is 10.1 Å². The van der Waals surface area contributed by atoms with E-state index in [0.717, 1.165) is 11.4 Å². The van der Waals surface area contributed by atoms with E-state index in [1.165, 1.54) is 18.4 Å². The summed E-state index contributed by atoms with van der Waals surface area (Å²) in [5, 5.41) is 3.03. The van der Waals surface area contributed by atoms with Crippen LogP contribution in [-0.2, 0) is 9.53 Å². The summed E-state index contributed by atoms with van der Waals surface area (Å²) in [5.74, 6) is -0.272. The van der Waals surface area contributed by atoms with Crippen LogP contribution in [0.5, 0.6) is 0 Å². The molecule has 5 heteroatoms. The number of thiazole rings is 1. The molecule has 0 aliphatic carbocycles. The number of carbonyl (C=O) groups excluding carboxylic acids is 1. The van der Waals surface area contributed by atoms with Crippen LogP contribution in [0.4, 0.5) is 0 Å². The highest BCUT2D eigenvalue weighted by molar-refractivity contribution is 7.09. The number of esters is 1. The Kier molecular flexibility index (Phi) is 3.85. The van der Waals surface area contributed by atoms with Gasteiger partial charge in [-0.25, -0.2) is 4.79 Å². The number of ether oxygens (including phenoxy) is 1. The van der Waals surface area contributed by atoms with Crippen LogP contribution in [-0.4, -0.2) is 24.6 Å². The van der Waals surface area contributed by atoms with Crippen LogP contribution in [0.25, 0.3) is 0 Å². The van der Waals surface area contributed by atoms with Gasteiger partial charge in [0.25, 0.3) is 0 Å². The minimum absolute atomic E-state index is 0.272. The molecule has 0 aliphatic heterocycles. The molecule has 0 saturated heterocycles. The van der Waals surface area contributed by atoms with Crippen molar-refractivity contribution >= 4 is 17.3 Å². The summed E-state index contributed by atoms with van der Waals surface area (Å²) in [6.07, 6.45) is 1.68. The Balaban J connectivity index is 2.74. The van der Waals surface area contributed by atoms with Gasteiger partial charge in [-0.2, -0.15) is 0 Å². The third kappa shape index (κ3) is 2.50. The molecule has 1 N–H and O–H groups in total. The smallest absolute Gasteiger partial charge is 0.328 e. The fraction of sp³-hybridized carbons (Fsp3) is 0.500. The van der Waals surface area contributed by atoms with Gasteiger partial charge in [0, 0.05) is 6.20 Å². The second-order valence-corrected chi connectivity index (χ2v) is 3.34. The van der Waals surface area contributed by atoms with E-state index in [2.05, 4.69) is 15.0 Å². The van der Waals surface area contributed by atoms with Gasteiger partial charge in [0.05, 0.1) is 17.5 Å². The molecule has 0 amide bonds. The molecule has 0 bridgehead atoms. The maximum absolute atomic E-state index is 11.3. The zero-order chi connectivity index (χ0) is 9.68. The minimum Gasteiger partial charge on any atom is -0.468 e. The summed E-state index contributed by atoms with van der Waals surface area (Å²) in [7, 11) is 1.38.